The van der Waals surface area contributed by atoms with E-state index in [2.05, 4.69) is 137 Å². The maximum atomic E-state index is 6.11. The zero-order valence-corrected chi connectivity index (χ0v) is 26.9. The van der Waals surface area contributed by atoms with Gasteiger partial charge >= 0.3 is 5.82 Å². The molecule has 0 aliphatic heterocycles. The van der Waals surface area contributed by atoms with Crippen LogP contribution in [0.5, 0.6) is 0 Å². The molecule has 0 spiro atoms. The number of nitrogens with one attached hydrogen (secondary N) is 1. The predicted octanol–water partition coefficient (Wildman–Crippen LogP) is 11.0. The van der Waals surface area contributed by atoms with E-state index >= 15 is 0 Å². The molecule has 1 N–H and O–H groups in total. The summed E-state index contributed by atoms with van der Waals surface area (Å²) in [6.07, 6.45) is 0. The van der Waals surface area contributed by atoms with E-state index in [1.807, 2.05) is 42.5 Å². The number of hydrogen-bond acceptors (Lipinski definition) is 3. The third kappa shape index (κ3) is 4.60. The number of rotatable bonds is 5. The van der Waals surface area contributed by atoms with E-state index in [1.54, 1.807) is 0 Å². The fourth-order valence-corrected chi connectivity index (χ4v) is 7.12. The lowest BCUT2D eigenvalue weighted by molar-refractivity contribution is -0.576. The molecule has 0 fully saturated rings. The molecule has 0 saturated carbocycles. The highest BCUT2D eigenvalue weighted by atomic mass is 16.3. The van der Waals surface area contributed by atoms with Gasteiger partial charge in [0.25, 0.3) is 11.6 Å². The molecule has 0 unspecified atom stereocenters. The van der Waals surface area contributed by atoms with Crippen LogP contribution in [-0.2, 0) is 0 Å². The molecule has 0 aliphatic carbocycles. The van der Waals surface area contributed by atoms with Gasteiger partial charge in [-0.25, -0.2) is 0 Å². The van der Waals surface area contributed by atoms with Crippen molar-refractivity contribution >= 4 is 43.7 Å². The van der Waals surface area contributed by atoms with Crippen molar-refractivity contribution in [3.05, 3.63) is 170 Å². The Morgan fingerprint density at radius 3 is 1.72 bits per heavy atom. The minimum absolute atomic E-state index is 0.676. The van der Waals surface area contributed by atoms with Crippen LogP contribution in [0.25, 0.3) is 94.7 Å². The van der Waals surface area contributed by atoms with Gasteiger partial charge in [0, 0.05) is 27.1 Å². The summed E-state index contributed by atoms with van der Waals surface area (Å²) < 4.78 is 8.31. The summed E-state index contributed by atoms with van der Waals surface area (Å²) in [5.74, 6) is 2.30. The molecule has 5 heteroatoms. The van der Waals surface area contributed by atoms with Crippen LogP contribution in [0.1, 0.15) is 0 Å². The Balaban J connectivity index is 1.21. The summed E-state index contributed by atoms with van der Waals surface area (Å²) in [5, 5.41) is 4.54. The largest absolute Gasteiger partial charge is 0.456 e. The molecule has 10 rings (SSSR count). The molecule has 10 aromatic rings. The predicted molar refractivity (Wildman–Crippen MR) is 202 cm³/mol. The fraction of sp³-hybridized carbons (Fsp3) is 0. The Hall–Kier alpha value is -6.85. The molecule has 7 aromatic carbocycles. The number of aromatic nitrogens is 4. The van der Waals surface area contributed by atoms with Crippen LogP contribution >= 0.6 is 0 Å². The van der Waals surface area contributed by atoms with Gasteiger partial charge in [-0.1, -0.05) is 113 Å². The van der Waals surface area contributed by atoms with Crippen LogP contribution in [0.4, 0.5) is 0 Å². The zero-order valence-electron chi connectivity index (χ0n) is 26.9. The van der Waals surface area contributed by atoms with Gasteiger partial charge in [0.2, 0.25) is 0 Å². The van der Waals surface area contributed by atoms with E-state index in [0.29, 0.717) is 5.82 Å². The monoisotopic (exact) mass is 641 g/mol. The maximum Gasteiger partial charge on any atom is 0.308 e. The number of aromatic amines is 1. The van der Waals surface area contributed by atoms with Crippen molar-refractivity contribution in [2.45, 2.75) is 0 Å². The van der Waals surface area contributed by atoms with E-state index in [9.17, 15) is 0 Å². The maximum absolute atomic E-state index is 6.11. The molecule has 50 heavy (non-hydrogen) atoms. The first-order valence-corrected chi connectivity index (χ1v) is 16.8. The van der Waals surface area contributed by atoms with Crippen molar-refractivity contribution in [2.24, 2.45) is 0 Å². The van der Waals surface area contributed by atoms with Gasteiger partial charge < -0.3 is 9.40 Å². The first kappa shape index (κ1) is 28.2. The zero-order chi connectivity index (χ0) is 33.0. The molecule has 0 radical (unpaired) electrons. The molecular formula is C45H29N4O+. The number of hydrogen-bond donors (Lipinski definition) is 1. The second-order valence-electron chi connectivity index (χ2n) is 12.5. The van der Waals surface area contributed by atoms with Gasteiger partial charge in [0.05, 0.1) is 22.2 Å². The van der Waals surface area contributed by atoms with Crippen molar-refractivity contribution in [1.82, 2.24) is 15.0 Å². The second-order valence-corrected chi connectivity index (χ2v) is 12.5. The van der Waals surface area contributed by atoms with E-state index < -0.39 is 0 Å². The molecule has 3 aromatic heterocycles. The van der Waals surface area contributed by atoms with E-state index in [0.717, 1.165) is 88.9 Å². The van der Waals surface area contributed by atoms with Crippen molar-refractivity contribution in [1.29, 1.82) is 0 Å². The van der Waals surface area contributed by atoms with Crippen molar-refractivity contribution < 1.29 is 8.98 Å². The van der Waals surface area contributed by atoms with Crippen LogP contribution in [0, 0.1) is 0 Å². The summed E-state index contributed by atoms with van der Waals surface area (Å²) in [7, 11) is 0. The Bertz CT molecular complexity index is 2800. The Labute approximate surface area is 287 Å². The van der Waals surface area contributed by atoms with E-state index in [1.165, 1.54) is 0 Å². The summed E-state index contributed by atoms with van der Waals surface area (Å²) in [5.41, 5.74) is 10.1. The third-order valence-electron chi connectivity index (χ3n) is 9.51. The van der Waals surface area contributed by atoms with Gasteiger partial charge in [0.15, 0.2) is 0 Å². The minimum Gasteiger partial charge on any atom is -0.456 e. The lowest BCUT2D eigenvalue weighted by Crippen LogP contribution is -2.39. The van der Waals surface area contributed by atoms with Gasteiger partial charge in [-0.2, -0.15) is 4.57 Å². The minimum atomic E-state index is 0.676. The highest BCUT2D eigenvalue weighted by Crippen LogP contribution is 2.36. The summed E-state index contributed by atoms with van der Waals surface area (Å²) in [6.45, 7) is 0. The van der Waals surface area contributed by atoms with Crippen molar-refractivity contribution in [3.8, 4) is 51.0 Å². The summed E-state index contributed by atoms with van der Waals surface area (Å²) in [6, 6.07) is 58.7. The molecule has 0 saturated heterocycles. The van der Waals surface area contributed by atoms with Crippen LogP contribution in [0.2, 0.25) is 0 Å². The molecule has 0 bridgehead atoms. The summed E-state index contributed by atoms with van der Waals surface area (Å²) in [4.78, 5) is 14.4. The summed E-state index contributed by atoms with van der Waals surface area (Å²) >= 11 is 0. The van der Waals surface area contributed by atoms with Gasteiger partial charge in [0.1, 0.15) is 16.9 Å². The average Bonchev–Trinajstić information content (AvgIpc) is 3.76. The molecule has 234 valence electrons. The average molecular weight is 642 g/mol. The number of H-pyrrole nitrogens is 1. The second kappa shape index (κ2) is 11.4. The Kier molecular flexibility index (Phi) is 6.42. The molecule has 0 aliphatic rings. The molecular weight excluding hydrogens is 613 g/mol. The van der Waals surface area contributed by atoms with Crippen molar-refractivity contribution in [2.75, 3.05) is 0 Å². The van der Waals surface area contributed by atoms with Crippen LogP contribution in [0.15, 0.2) is 174 Å². The number of furan rings is 1. The van der Waals surface area contributed by atoms with E-state index in [-0.39, 0.29) is 0 Å². The van der Waals surface area contributed by atoms with Crippen LogP contribution in [0.3, 0.4) is 0 Å². The number of fused-ring (bicyclic) bond motifs is 6. The van der Waals surface area contributed by atoms with Crippen LogP contribution < -0.4 is 4.57 Å². The number of para-hydroxylation sites is 2. The number of benzene rings is 7. The Morgan fingerprint density at radius 1 is 0.420 bits per heavy atom. The molecule has 0 atom stereocenters. The molecule has 3 heterocycles. The SMILES string of the molecule is c1ccc(-c2nc(-c3ccccc3)[n+](-c3cccc4c3[nH]c3cc(-c5ccc6oc7ccccc7c6c5)ccc34)c(-c3ccccc3)n2)cc1. The highest BCUT2D eigenvalue weighted by Gasteiger charge is 2.28. The number of nitrogens with zero attached hydrogens (tertiary/aromatic N) is 3. The molecule has 5 nitrogen and oxygen atoms in total. The van der Waals surface area contributed by atoms with Gasteiger partial charge in [-0.05, 0) is 77.9 Å². The van der Waals surface area contributed by atoms with Crippen molar-refractivity contribution in [3.63, 3.8) is 0 Å². The first-order valence-electron chi connectivity index (χ1n) is 16.8. The standard InChI is InChI=1S/C45H29N4O/c1-4-13-29(14-5-1)43-47-44(30-15-6-2-7-16-30)49(45(48-43)31-17-8-3-9-18-31)39-21-12-20-36-34-25-23-33(28-38(34)46-42(36)39)32-24-26-41-37(27-32)35-19-10-11-22-40(35)50-41/h1-28,46H/q+1. The fourth-order valence-electron chi connectivity index (χ4n) is 7.12. The Morgan fingerprint density at radius 2 is 1.00 bits per heavy atom. The quantitative estimate of drug-likeness (QED) is 0.190. The highest BCUT2D eigenvalue weighted by molar-refractivity contribution is 6.11. The lowest BCUT2D eigenvalue weighted by Gasteiger charge is -2.12. The molecule has 0 amide bonds. The first-order chi connectivity index (χ1) is 24.8. The van der Waals surface area contributed by atoms with Crippen LogP contribution in [-0.4, -0.2) is 15.0 Å². The van der Waals surface area contributed by atoms with Gasteiger partial charge in [-0.15, -0.1) is 0 Å². The topological polar surface area (TPSA) is 58.6 Å². The normalized spacial score (nSPS) is 11.6. The van der Waals surface area contributed by atoms with E-state index in [4.69, 9.17) is 14.4 Å². The van der Waals surface area contributed by atoms with Gasteiger partial charge in [-0.3, -0.25) is 0 Å². The smallest absolute Gasteiger partial charge is 0.308 e. The third-order valence-corrected chi connectivity index (χ3v) is 9.51. The lowest BCUT2D eigenvalue weighted by atomic mass is 10.0.